The second-order valence-electron chi connectivity index (χ2n) is 9.08. The summed E-state index contributed by atoms with van der Waals surface area (Å²) < 4.78 is 26.3. The summed E-state index contributed by atoms with van der Waals surface area (Å²) in [5, 5.41) is 0. The number of fused-ring (bicyclic) bond motifs is 1. The molecule has 7 nitrogen and oxygen atoms in total. The first-order valence-corrected chi connectivity index (χ1v) is 13.2. The normalized spacial score (nSPS) is 24.1. The molecular formula is C22H34N4O3S. The van der Waals surface area contributed by atoms with Gasteiger partial charge in [0.1, 0.15) is 11.6 Å². The minimum absolute atomic E-state index is 0.0161. The zero-order valence-electron chi connectivity index (χ0n) is 18.3. The van der Waals surface area contributed by atoms with Gasteiger partial charge in [0.15, 0.2) is 0 Å². The fraction of sp³-hybridized carbons (Fsp3) is 0.773. The van der Waals surface area contributed by atoms with Crippen molar-refractivity contribution in [2.45, 2.75) is 77.6 Å². The molecule has 0 N–H and O–H groups in total. The molecule has 30 heavy (non-hydrogen) atoms. The molecule has 1 atom stereocenters. The molecule has 0 aromatic carbocycles. The first-order valence-electron chi connectivity index (χ1n) is 11.5. The van der Waals surface area contributed by atoms with Crippen LogP contribution in [-0.2, 0) is 21.2 Å². The lowest BCUT2D eigenvalue weighted by atomic mass is 9.88. The molecule has 0 radical (unpaired) electrons. The highest BCUT2D eigenvalue weighted by Gasteiger charge is 2.34. The molecule has 0 bridgehead atoms. The summed E-state index contributed by atoms with van der Waals surface area (Å²) >= 11 is 0. The Bertz CT molecular complexity index is 896. The van der Waals surface area contributed by atoms with E-state index >= 15 is 0 Å². The Balaban J connectivity index is 1.62. The summed E-state index contributed by atoms with van der Waals surface area (Å²) in [5.74, 6) is 2.30. The summed E-state index contributed by atoms with van der Waals surface area (Å²) in [4.78, 5) is 24.4. The summed E-state index contributed by atoms with van der Waals surface area (Å²) in [7, 11) is -3.22. The van der Waals surface area contributed by atoms with Crippen molar-refractivity contribution < 1.29 is 13.2 Å². The number of aromatic nitrogens is 2. The van der Waals surface area contributed by atoms with Gasteiger partial charge in [-0.1, -0.05) is 19.3 Å². The van der Waals surface area contributed by atoms with Crippen LogP contribution in [0.25, 0.3) is 0 Å². The summed E-state index contributed by atoms with van der Waals surface area (Å²) in [5.41, 5.74) is 2.02. The Kier molecular flexibility index (Phi) is 6.44. The van der Waals surface area contributed by atoms with Crippen molar-refractivity contribution >= 4 is 21.7 Å². The molecule has 4 rings (SSSR count). The Morgan fingerprint density at radius 1 is 1.03 bits per heavy atom. The molecule has 0 spiro atoms. The fourth-order valence-electron chi connectivity index (χ4n) is 5.19. The topological polar surface area (TPSA) is 83.5 Å². The highest BCUT2D eigenvalue weighted by Crippen LogP contribution is 2.34. The van der Waals surface area contributed by atoms with Gasteiger partial charge in [-0.3, -0.25) is 9.69 Å². The Morgan fingerprint density at radius 3 is 2.53 bits per heavy atom. The molecule has 1 aromatic rings. The molecule has 1 aromatic heterocycles. The van der Waals surface area contributed by atoms with E-state index in [1.54, 1.807) is 11.2 Å². The van der Waals surface area contributed by atoms with Gasteiger partial charge >= 0.3 is 0 Å². The van der Waals surface area contributed by atoms with Crippen LogP contribution >= 0.6 is 0 Å². The highest BCUT2D eigenvalue weighted by atomic mass is 32.2. The number of aryl methyl sites for hydroxylation is 1. The van der Waals surface area contributed by atoms with Crippen molar-refractivity contribution in [1.29, 1.82) is 0 Å². The van der Waals surface area contributed by atoms with E-state index in [1.807, 2.05) is 11.8 Å². The van der Waals surface area contributed by atoms with Gasteiger partial charge in [0.2, 0.25) is 15.9 Å². The van der Waals surface area contributed by atoms with Crippen molar-refractivity contribution in [1.82, 2.24) is 14.3 Å². The third-order valence-electron chi connectivity index (χ3n) is 7.03. The molecule has 1 amide bonds. The molecule has 1 aliphatic carbocycles. The van der Waals surface area contributed by atoms with Crippen LogP contribution in [-0.4, -0.2) is 54.0 Å². The molecule has 8 heteroatoms. The van der Waals surface area contributed by atoms with Crippen LogP contribution in [0.1, 0.15) is 81.3 Å². The molecule has 1 unspecified atom stereocenters. The van der Waals surface area contributed by atoms with Crippen molar-refractivity contribution in [3.63, 3.8) is 0 Å². The van der Waals surface area contributed by atoms with Crippen LogP contribution in [0, 0.1) is 12.8 Å². The predicted octanol–water partition coefficient (Wildman–Crippen LogP) is 3.17. The van der Waals surface area contributed by atoms with Crippen molar-refractivity contribution in [2.75, 3.05) is 30.3 Å². The maximum atomic E-state index is 12.8. The number of anilines is 1. The minimum atomic E-state index is -3.22. The van der Waals surface area contributed by atoms with E-state index in [0.29, 0.717) is 37.7 Å². The monoisotopic (exact) mass is 434 g/mol. The molecule has 2 fully saturated rings. The number of carbonyl (C=O) groups is 1. The first-order chi connectivity index (χ1) is 14.4. The number of hydrogen-bond donors (Lipinski definition) is 0. The molecule has 1 saturated heterocycles. The minimum Gasteiger partial charge on any atom is -0.296 e. The van der Waals surface area contributed by atoms with E-state index in [1.165, 1.54) is 32.1 Å². The largest absolute Gasteiger partial charge is 0.296 e. The van der Waals surface area contributed by atoms with Crippen LogP contribution in [0.15, 0.2) is 0 Å². The molecule has 3 aliphatic rings. The predicted molar refractivity (Wildman–Crippen MR) is 117 cm³/mol. The van der Waals surface area contributed by atoms with Gasteiger partial charge < -0.3 is 0 Å². The zero-order valence-corrected chi connectivity index (χ0v) is 19.1. The van der Waals surface area contributed by atoms with Gasteiger partial charge in [-0.15, -0.1) is 0 Å². The van der Waals surface area contributed by atoms with E-state index in [4.69, 9.17) is 9.97 Å². The second kappa shape index (κ2) is 8.91. The summed E-state index contributed by atoms with van der Waals surface area (Å²) in [6, 6.07) is 0. The molecule has 2 aliphatic heterocycles. The van der Waals surface area contributed by atoms with Gasteiger partial charge in [0.05, 0.1) is 5.75 Å². The van der Waals surface area contributed by atoms with Gasteiger partial charge in [-0.05, 0) is 51.9 Å². The van der Waals surface area contributed by atoms with Crippen LogP contribution in [0.3, 0.4) is 0 Å². The summed E-state index contributed by atoms with van der Waals surface area (Å²) in [6.45, 7) is 5.45. The van der Waals surface area contributed by atoms with Crippen molar-refractivity contribution in [2.24, 2.45) is 5.92 Å². The third-order valence-corrected chi connectivity index (χ3v) is 8.88. The number of hydrogen-bond acceptors (Lipinski definition) is 5. The standard InChI is InChI=1S/C22H34N4O3S/c1-3-30(28,29)25-13-7-10-18(15-25)21-23-16(2)19-11-12-20(27)26(22(19)24-21)14-17-8-5-4-6-9-17/h17-18H,3-15H2,1-2H3. The first kappa shape index (κ1) is 21.7. The number of carbonyl (C=O) groups excluding carboxylic acids is 1. The van der Waals surface area contributed by atoms with E-state index in [-0.39, 0.29) is 17.6 Å². The number of nitrogens with zero attached hydrogens (tertiary/aromatic N) is 4. The van der Waals surface area contributed by atoms with Crippen LogP contribution in [0.4, 0.5) is 5.82 Å². The number of piperidine rings is 1. The van der Waals surface area contributed by atoms with Crippen LogP contribution < -0.4 is 4.90 Å². The molecule has 3 heterocycles. The second-order valence-corrected chi connectivity index (χ2v) is 11.3. The molecule has 1 saturated carbocycles. The Labute approximate surface area is 180 Å². The smallest absolute Gasteiger partial charge is 0.228 e. The van der Waals surface area contributed by atoms with Crippen LogP contribution in [0.5, 0.6) is 0 Å². The van der Waals surface area contributed by atoms with Gasteiger partial charge in [-0.25, -0.2) is 22.7 Å². The SMILES string of the molecule is CCS(=O)(=O)N1CCCC(c2nc(C)c3c(n2)N(CC2CCCCC2)C(=O)CC3)C1. The third kappa shape index (κ3) is 4.40. The van der Waals surface area contributed by atoms with E-state index in [0.717, 1.165) is 36.5 Å². The maximum absolute atomic E-state index is 12.8. The maximum Gasteiger partial charge on any atom is 0.228 e. The molecule has 166 valence electrons. The van der Waals surface area contributed by atoms with Crippen LogP contribution in [0.2, 0.25) is 0 Å². The van der Waals surface area contributed by atoms with E-state index in [2.05, 4.69) is 0 Å². The quantitative estimate of drug-likeness (QED) is 0.711. The Hall–Kier alpha value is -1.54. The van der Waals surface area contributed by atoms with E-state index in [9.17, 15) is 13.2 Å². The fourth-order valence-corrected chi connectivity index (χ4v) is 6.37. The lowest BCUT2D eigenvalue weighted by Gasteiger charge is -2.35. The average molecular weight is 435 g/mol. The lowest BCUT2D eigenvalue weighted by molar-refractivity contribution is -0.119. The number of amides is 1. The van der Waals surface area contributed by atoms with Gasteiger partial charge in [0.25, 0.3) is 0 Å². The van der Waals surface area contributed by atoms with Gasteiger partial charge in [0, 0.05) is 43.2 Å². The molecular weight excluding hydrogens is 400 g/mol. The van der Waals surface area contributed by atoms with E-state index < -0.39 is 10.0 Å². The van der Waals surface area contributed by atoms with Crippen molar-refractivity contribution in [3.05, 3.63) is 17.1 Å². The zero-order chi connectivity index (χ0) is 21.3. The van der Waals surface area contributed by atoms with Gasteiger partial charge in [-0.2, -0.15) is 0 Å². The number of rotatable bonds is 5. The highest BCUT2D eigenvalue weighted by molar-refractivity contribution is 7.89. The Morgan fingerprint density at radius 2 is 1.80 bits per heavy atom. The average Bonchev–Trinajstić information content (AvgIpc) is 2.76. The number of sulfonamides is 1. The summed E-state index contributed by atoms with van der Waals surface area (Å²) in [6.07, 6.45) is 9.07. The lowest BCUT2D eigenvalue weighted by Crippen LogP contribution is -2.42. The van der Waals surface area contributed by atoms with Crippen molar-refractivity contribution in [3.8, 4) is 0 Å².